The van der Waals surface area contributed by atoms with Crippen LogP contribution in [0.1, 0.15) is 92.1 Å². The maximum absolute atomic E-state index is 12.1. The number of ether oxygens (including phenoxy) is 3. The van der Waals surface area contributed by atoms with Gasteiger partial charge in [0.05, 0.1) is 37.2 Å². The molecule has 9 nitrogen and oxygen atoms in total. The zero-order chi connectivity index (χ0) is 28.1. The number of aromatic nitrogens is 2. The average molecular weight is 530 g/mol. The predicted octanol–water partition coefficient (Wildman–Crippen LogP) is 5.26. The van der Waals surface area contributed by atoms with Crippen LogP contribution in [0, 0.1) is 25.2 Å². The minimum absolute atomic E-state index is 0.0775. The van der Waals surface area contributed by atoms with Gasteiger partial charge in [0.15, 0.2) is 11.5 Å². The van der Waals surface area contributed by atoms with Crippen LogP contribution in [0.4, 0.5) is 0 Å². The van der Waals surface area contributed by atoms with Gasteiger partial charge in [-0.2, -0.15) is 5.26 Å². The number of aryl methyl sites for hydroxylation is 2. The monoisotopic (exact) mass is 529 g/mol. The first-order valence-electron chi connectivity index (χ1n) is 12.8. The molecule has 9 heteroatoms. The van der Waals surface area contributed by atoms with Gasteiger partial charge in [-0.05, 0) is 69.4 Å². The van der Waals surface area contributed by atoms with Gasteiger partial charge < -0.3 is 19.3 Å². The van der Waals surface area contributed by atoms with Gasteiger partial charge in [-0.1, -0.05) is 12.1 Å². The van der Waals surface area contributed by atoms with Crippen molar-refractivity contribution in [1.82, 2.24) is 9.97 Å². The molecule has 0 spiro atoms. The minimum atomic E-state index is -0.514. The molecule has 5 rings (SSSR count). The fraction of sp³-hybridized carbons (Fsp3) is 0.367. The Hall–Kier alpha value is -4.45. The Bertz CT molecular complexity index is 1440. The standard InChI is InChI=1S/C19H18N2O3.C11H13NO3/c1-12-18(24-11-14-5-3-4-13(8-14)10-20)16(19(22)23-2)9-17(21-12)15-6-7-15;1-6-10(13)8(11(14)15-2)5-9(12-6)7-3-4-7/h3-5,8-9,15H,6-7,11H2,1-2H3;5,7,13H,3-4H2,1-2H3. The number of hydrogen-bond acceptors (Lipinski definition) is 9. The average Bonchev–Trinajstić information content (AvgIpc) is 3.86. The SMILES string of the molecule is COC(=O)c1cc(C2CC2)nc(C)c1O.COC(=O)c1cc(C2CC2)nc(C)c1OCc1cccc(C#N)c1. The summed E-state index contributed by atoms with van der Waals surface area (Å²) in [5, 5.41) is 18.6. The molecule has 0 amide bonds. The Morgan fingerprint density at radius 3 is 2.05 bits per heavy atom. The van der Waals surface area contributed by atoms with Crippen LogP contribution >= 0.6 is 0 Å². The molecule has 2 saturated carbocycles. The quantitative estimate of drug-likeness (QED) is 0.407. The normalized spacial score (nSPS) is 13.9. The number of pyridine rings is 2. The highest BCUT2D eigenvalue weighted by Crippen LogP contribution is 2.41. The topological polar surface area (TPSA) is 132 Å². The van der Waals surface area contributed by atoms with Gasteiger partial charge in [0.1, 0.15) is 17.7 Å². The van der Waals surface area contributed by atoms with E-state index in [1.54, 1.807) is 37.3 Å². The number of hydrogen-bond donors (Lipinski definition) is 1. The molecule has 2 fully saturated rings. The Labute approximate surface area is 227 Å². The fourth-order valence-corrected chi connectivity index (χ4v) is 4.15. The van der Waals surface area contributed by atoms with Gasteiger partial charge in [0.25, 0.3) is 0 Å². The molecule has 0 unspecified atom stereocenters. The van der Waals surface area contributed by atoms with Crippen LogP contribution in [-0.2, 0) is 16.1 Å². The minimum Gasteiger partial charge on any atom is -0.505 e. The molecule has 0 radical (unpaired) electrons. The van der Waals surface area contributed by atoms with E-state index in [1.165, 1.54) is 14.2 Å². The molecule has 0 atom stereocenters. The lowest BCUT2D eigenvalue weighted by Crippen LogP contribution is -2.10. The lowest BCUT2D eigenvalue weighted by molar-refractivity contribution is 0.0586. The van der Waals surface area contributed by atoms with Crippen LogP contribution in [0.25, 0.3) is 0 Å². The molecule has 2 aliphatic carbocycles. The molecule has 2 aromatic heterocycles. The number of nitrogens with zero attached hydrogens (tertiary/aromatic N) is 3. The highest BCUT2D eigenvalue weighted by molar-refractivity contribution is 5.93. The second-order valence-electron chi connectivity index (χ2n) is 9.67. The van der Waals surface area contributed by atoms with E-state index in [9.17, 15) is 14.7 Å². The van der Waals surface area contributed by atoms with Crippen molar-refractivity contribution in [3.8, 4) is 17.6 Å². The zero-order valence-electron chi connectivity index (χ0n) is 22.5. The summed E-state index contributed by atoms with van der Waals surface area (Å²) in [5.41, 5.74) is 5.02. The summed E-state index contributed by atoms with van der Waals surface area (Å²) in [5.74, 6) is 0.309. The molecule has 3 aromatic rings. The van der Waals surface area contributed by atoms with Gasteiger partial charge in [-0.25, -0.2) is 9.59 Å². The summed E-state index contributed by atoms with van der Waals surface area (Å²) >= 11 is 0. The lowest BCUT2D eigenvalue weighted by atomic mass is 10.1. The lowest BCUT2D eigenvalue weighted by Gasteiger charge is -2.14. The van der Waals surface area contributed by atoms with Crippen molar-refractivity contribution in [2.75, 3.05) is 14.2 Å². The highest BCUT2D eigenvalue weighted by atomic mass is 16.5. The molecule has 0 bridgehead atoms. The first-order chi connectivity index (χ1) is 18.7. The molecule has 0 aliphatic heterocycles. The van der Waals surface area contributed by atoms with Gasteiger partial charge in [-0.3, -0.25) is 9.97 Å². The Balaban J connectivity index is 0.000000202. The number of esters is 2. The van der Waals surface area contributed by atoms with Crippen molar-refractivity contribution in [3.63, 3.8) is 0 Å². The van der Waals surface area contributed by atoms with Crippen molar-refractivity contribution in [1.29, 1.82) is 5.26 Å². The van der Waals surface area contributed by atoms with Crippen LogP contribution in [0.5, 0.6) is 11.5 Å². The van der Waals surface area contributed by atoms with Crippen LogP contribution < -0.4 is 4.74 Å². The first-order valence-corrected chi connectivity index (χ1v) is 12.8. The van der Waals surface area contributed by atoms with Gasteiger partial charge >= 0.3 is 11.9 Å². The van der Waals surface area contributed by atoms with E-state index >= 15 is 0 Å². The molecule has 2 aliphatic rings. The largest absolute Gasteiger partial charge is 0.505 e. The third kappa shape index (κ3) is 6.71. The van der Waals surface area contributed by atoms with E-state index in [1.807, 2.05) is 13.0 Å². The van der Waals surface area contributed by atoms with E-state index in [0.29, 0.717) is 40.1 Å². The third-order valence-corrected chi connectivity index (χ3v) is 6.59. The van der Waals surface area contributed by atoms with Crippen molar-refractivity contribution >= 4 is 11.9 Å². The second kappa shape index (κ2) is 11.9. The van der Waals surface area contributed by atoms with Crippen molar-refractivity contribution in [3.05, 3.63) is 81.4 Å². The molecule has 2 heterocycles. The predicted molar refractivity (Wildman–Crippen MR) is 142 cm³/mol. The molecular formula is C30H31N3O6. The molecule has 39 heavy (non-hydrogen) atoms. The number of rotatable bonds is 7. The number of aromatic hydroxyl groups is 1. The van der Waals surface area contributed by atoms with E-state index in [4.69, 9.17) is 14.7 Å². The number of methoxy groups -OCH3 is 2. The third-order valence-electron chi connectivity index (χ3n) is 6.59. The van der Waals surface area contributed by atoms with Gasteiger partial charge in [0.2, 0.25) is 0 Å². The zero-order valence-corrected chi connectivity index (χ0v) is 22.5. The van der Waals surface area contributed by atoms with Gasteiger partial charge in [0, 0.05) is 23.2 Å². The number of carbonyl (C=O) groups is 2. The van der Waals surface area contributed by atoms with Crippen molar-refractivity contribution in [2.45, 2.75) is 58.0 Å². The number of nitriles is 1. The highest BCUT2D eigenvalue weighted by Gasteiger charge is 2.29. The van der Waals surface area contributed by atoms with E-state index < -0.39 is 11.9 Å². The second-order valence-corrected chi connectivity index (χ2v) is 9.67. The van der Waals surface area contributed by atoms with Crippen LogP contribution in [0.2, 0.25) is 0 Å². The van der Waals surface area contributed by atoms with Crippen LogP contribution in [0.15, 0.2) is 36.4 Å². The maximum atomic E-state index is 12.1. The van der Waals surface area contributed by atoms with E-state index in [2.05, 4.69) is 20.8 Å². The van der Waals surface area contributed by atoms with Crippen LogP contribution in [-0.4, -0.2) is 41.2 Å². The van der Waals surface area contributed by atoms with Crippen molar-refractivity contribution in [2.24, 2.45) is 0 Å². The van der Waals surface area contributed by atoms with E-state index in [0.717, 1.165) is 42.6 Å². The summed E-state index contributed by atoms with van der Waals surface area (Å²) in [6.07, 6.45) is 4.43. The summed E-state index contributed by atoms with van der Waals surface area (Å²) in [6, 6.07) is 12.7. The number of carbonyl (C=O) groups excluding carboxylic acids is 2. The Morgan fingerprint density at radius 2 is 1.49 bits per heavy atom. The molecule has 0 saturated heterocycles. The Morgan fingerprint density at radius 1 is 0.923 bits per heavy atom. The van der Waals surface area contributed by atoms with E-state index in [-0.39, 0.29) is 17.9 Å². The Kier molecular flexibility index (Phi) is 8.45. The maximum Gasteiger partial charge on any atom is 0.341 e. The van der Waals surface area contributed by atoms with Crippen LogP contribution in [0.3, 0.4) is 0 Å². The van der Waals surface area contributed by atoms with Gasteiger partial charge in [-0.15, -0.1) is 0 Å². The fourth-order valence-electron chi connectivity index (χ4n) is 4.15. The summed E-state index contributed by atoms with van der Waals surface area (Å²) < 4.78 is 15.3. The number of benzene rings is 1. The van der Waals surface area contributed by atoms with Crippen molar-refractivity contribution < 1.29 is 28.9 Å². The first kappa shape index (κ1) is 27.6. The smallest absolute Gasteiger partial charge is 0.341 e. The summed E-state index contributed by atoms with van der Waals surface area (Å²) in [4.78, 5) is 32.3. The summed E-state index contributed by atoms with van der Waals surface area (Å²) in [7, 11) is 2.66. The molecule has 202 valence electrons. The molecule has 1 aromatic carbocycles. The molecular weight excluding hydrogens is 498 g/mol. The summed E-state index contributed by atoms with van der Waals surface area (Å²) in [6.45, 7) is 3.78. The molecule has 1 N–H and O–H groups in total.